The molecule has 0 N–H and O–H groups in total. The maximum atomic E-state index is 13.1. The Morgan fingerprint density at radius 2 is 1.89 bits per heavy atom. The molecule has 0 aliphatic heterocycles. The van der Waals surface area contributed by atoms with E-state index in [2.05, 4.69) is 15.1 Å². The Labute approximate surface area is 153 Å². The molecule has 0 saturated heterocycles. The van der Waals surface area contributed by atoms with Crippen molar-refractivity contribution in [3.63, 3.8) is 0 Å². The van der Waals surface area contributed by atoms with Crippen LogP contribution in [0.15, 0.2) is 73.4 Å². The minimum Gasteiger partial charge on any atom is -0.256 e. The predicted octanol–water partition coefficient (Wildman–Crippen LogP) is 4.68. The van der Waals surface area contributed by atoms with Gasteiger partial charge in [-0.15, -0.1) is 0 Å². The van der Waals surface area contributed by atoms with E-state index in [9.17, 15) is 13.2 Å². The zero-order valence-corrected chi connectivity index (χ0v) is 14.1. The minimum atomic E-state index is -4.39. The van der Waals surface area contributed by atoms with Crippen LogP contribution in [-0.4, -0.2) is 19.7 Å². The van der Waals surface area contributed by atoms with Gasteiger partial charge in [0.15, 0.2) is 0 Å². The quantitative estimate of drug-likeness (QED) is 0.525. The van der Waals surface area contributed by atoms with Crippen molar-refractivity contribution < 1.29 is 13.2 Å². The molecule has 0 radical (unpaired) electrons. The Hall–Kier alpha value is -3.22. The number of alkyl halides is 3. The van der Waals surface area contributed by atoms with Crippen molar-refractivity contribution in [2.24, 2.45) is 0 Å². The number of aromatic nitrogens is 4. The second-order valence-electron chi connectivity index (χ2n) is 6.25. The third-order valence-corrected chi connectivity index (χ3v) is 4.45. The Morgan fingerprint density at radius 3 is 2.67 bits per heavy atom. The van der Waals surface area contributed by atoms with Gasteiger partial charge in [-0.3, -0.25) is 4.98 Å². The van der Waals surface area contributed by atoms with Crippen molar-refractivity contribution in [3.8, 4) is 0 Å². The highest BCUT2D eigenvalue weighted by atomic mass is 19.4. The zero-order chi connectivity index (χ0) is 18.9. The van der Waals surface area contributed by atoms with Gasteiger partial charge < -0.3 is 0 Å². The minimum absolute atomic E-state index is 0.399. The van der Waals surface area contributed by atoms with Crippen LogP contribution in [0.3, 0.4) is 0 Å². The van der Waals surface area contributed by atoms with Crippen molar-refractivity contribution in [1.29, 1.82) is 0 Å². The van der Waals surface area contributed by atoms with Crippen molar-refractivity contribution in [1.82, 2.24) is 19.7 Å². The first kappa shape index (κ1) is 17.2. The summed E-state index contributed by atoms with van der Waals surface area (Å²) in [5.74, 6) is 0. The van der Waals surface area contributed by atoms with Crippen molar-refractivity contribution >= 4 is 10.9 Å². The smallest absolute Gasteiger partial charge is 0.256 e. The van der Waals surface area contributed by atoms with Gasteiger partial charge >= 0.3 is 6.18 Å². The van der Waals surface area contributed by atoms with Crippen LogP contribution in [0, 0.1) is 0 Å². The molecule has 27 heavy (non-hydrogen) atoms. The number of nitrogens with zero attached hydrogens (tertiary/aromatic N) is 4. The number of halogens is 3. The summed E-state index contributed by atoms with van der Waals surface area (Å²) in [6.45, 7) is 0. The molecular formula is C20H15F3N4. The fourth-order valence-electron chi connectivity index (χ4n) is 3.14. The highest BCUT2D eigenvalue weighted by molar-refractivity contribution is 5.78. The Morgan fingerprint density at radius 1 is 1.00 bits per heavy atom. The third-order valence-electron chi connectivity index (χ3n) is 4.45. The lowest BCUT2D eigenvalue weighted by Gasteiger charge is -2.19. The normalized spacial score (nSPS) is 13.0. The fourth-order valence-corrected chi connectivity index (χ4v) is 3.14. The van der Waals surface area contributed by atoms with Gasteiger partial charge in [0, 0.05) is 11.6 Å². The lowest BCUT2D eigenvalue weighted by molar-refractivity contribution is -0.137. The molecule has 4 rings (SSSR count). The molecule has 136 valence electrons. The van der Waals surface area contributed by atoms with Gasteiger partial charge in [0.05, 0.1) is 17.1 Å². The van der Waals surface area contributed by atoms with E-state index < -0.39 is 17.8 Å². The molecule has 2 aromatic heterocycles. The summed E-state index contributed by atoms with van der Waals surface area (Å²) in [4.78, 5) is 8.25. The van der Waals surface area contributed by atoms with Gasteiger partial charge in [0.1, 0.15) is 12.7 Å². The lowest BCUT2D eigenvalue weighted by atomic mass is 9.96. The van der Waals surface area contributed by atoms with E-state index in [1.165, 1.54) is 24.8 Å². The van der Waals surface area contributed by atoms with Crippen LogP contribution in [0.2, 0.25) is 0 Å². The van der Waals surface area contributed by atoms with Gasteiger partial charge in [-0.1, -0.05) is 24.3 Å². The summed E-state index contributed by atoms with van der Waals surface area (Å²) in [6, 6.07) is 14.6. The van der Waals surface area contributed by atoms with E-state index in [-0.39, 0.29) is 0 Å². The van der Waals surface area contributed by atoms with Crippen LogP contribution in [0.25, 0.3) is 10.9 Å². The predicted molar refractivity (Wildman–Crippen MR) is 95.1 cm³/mol. The fraction of sp³-hybridized carbons (Fsp3) is 0.150. The molecule has 0 amide bonds. The molecule has 2 aromatic carbocycles. The average Bonchev–Trinajstić information content (AvgIpc) is 3.20. The highest BCUT2D eigenvalue weighted by Gasteiger charge is 2.31. The zero-order valence-electron chi connectivity index (χ0n) is 14.1. The molecule has 0 spiro atoms. The van der Waals surface area contributed by atoms with Gasteiger partial charge in [-0.25, -0.2) is 9.67 Å². The molecule has 4 aromatic rings. The molecule has 1 unspecified atom stereocenters. The van der Waals surface area contributed by atoms with Crippen LogP contribution in [0.4, 0.5) is 13.2 Å². The maximum absolute atomic E-state index is 13.1. The van der Waals surface area contributed by atoms with E-state index in [1.807, 2.05) is 30.3 Å². The Kier molecular flexibility index (Phi) is 4.35. The largest absolute Gasteiger partial charge is 0.416 e. The Balaban J connectivity index is 1.74. The van der Waals surface area contributed by atoms with E-state index in [0.29, 0.717) is 12.0 Å². The summed E-state index contributed by atoms with van der Waals surface area (Å²) in [6.07, 6.45) is 0.717. The molecule has 0 aliphatic rings. The van der Waals surface area contributed by atoms with Crippen LogP contribution >= 0.6 is 0 Å². The van der Waals surface area contributed by atoms with E-state index in [1.54, 1.807) is 16.9 Å². The number of pyridine rings is 1. The molecule has 2 heterocycles. The monoisotopic (exact) mass is 368 g/mol. The van der Waals surface area contributed by atoms with Crippen molar-refractivity contribution in [2.45, 2.75) is 18.6 Å². The summed E-state index contributed by atoms with van der Waals surface area (Å²) in [7, 11) is 0. The molecule has 0 saturated carbocycles. The average molecular weight is 368 g/mol. The number of hydrogen-bond acceptors (Lipinski definition) is 3. The summed E-state index contributed by atoms with van der Waals surface area (Å²) in [5.41, 5.74) is 1.71. The number of rotatable bonds is 4. The van der Waals surface area contributed by atoms with E-state index >= 15 is 0 Å². The molecule has 0 fully saturated rings. The first-order valence-electron chi connectivity index (χ1n) is 8.35. The molecule has 0 bridgehead atoms. The number of benzene rings is 2. The topological polar surface area (TPSA) is 43.6 Å². The van der Waals surface area contributed by atoms with Crippen molar-refractivity contribution in [2.75, 3.05) is 0 Å². The summed E-state index contributed by atoms with van der Waals surface area (Å²) in [5, 5.41) is 5.14. The molecular weight excluding hydrogens is 353 g/mol. The maximum Gasteiger partial charge on any atom is 0.416 e. The standard InChI is InChI=1S/C20H15F3N4/c21-20(22,23)17-5-1-3-16(11-17)19(27-13-24-12-26-27)10-14-6-7-18-15(9-14)4-2-8-25-18/h1-9,11-13,19H,10H2. The molecule has 0 aliphatic carbocycles. The summed E-state index contributed by atoms with van der Waals surface area (Å²) < 4.78 is 41.0. The Bertz CT molecular complexity index is 1060. The van der Waals surface area contributed by atoms with Crippen LogP contribution in [0.1, 0.15) is 22.7 Å². The second kappa shape index (κ2) is 6.83. The van der Waals surface area contributed by atoms with Crippen LogP contribution in [-0.2, 0) is 12.6 Å². The van der Waals surface area contributed by atoms with Crippen LogP contribution in [0.5, 0.6) is 0 Å². The van der Waals surface area contributed by atoms with E-state index in [0.717, 1.165) is 22.5 Å². The molecule has 1 atom stereocenters. The van der Waals surface area contributed by atoms with Gasteiger partial charge in [0.2, 0.25) is 0 Å². The lowest BCUT2D eigenvalue weighted by Crippen LogP contribution is -2.15. The van der Waals surface area contributed by atoms with Gasteiger partial charge in [-0.2, -0.15) is 18.3 Å². The summed E-state index contributed by atoms with van der Waals surface area (Å²) >= 11 is 0. The third kappa shape index (κ3) is 3.67. The van der Waals surface area contributed by atoms with Gasteiger partial charge in [0.25, 0.3) is 0 Å². The van der Waals surface area contributed by atoms with Crippen LogP contribution < -0.4 is 0 Å². The van der Waals surface area contributed by atoms with Crippen molar-refractivity contribution in [3.05, 3.63) is 90.1 Å². The molecule has 4 nitrogen and oxygen atoms in total. The number of hydrogen-bond donors (Lipinski definition) is 0. The number of fused-ring (bicyclic) bond motifs is 1. The SMILES string of the molecule is FC(F)(F)c1cccc(C(Cc2ccc3ncccc3c2)n2cncn2)c1. The highest BCUT2D eigenvalue weighted by Crippen LogP contribution is 2.32. The second-order valence-corrected chi connectivity index (χ2v) is 6.25. The first-order valence-corrected chi connectivity index (χ1v) is 8.35. The van der Waals surface area contributed by atoms with E-state index in [4.69, 9.17) is 0 Å². The first-order chi connectivity index (χ1) is 13.0. The van der Waals surface area contributed by atoms with Gasteiger partial charge in [-0.05, 0) is 47.9 Å². The molecule has 7 heteroatoms.